The second-order valence-electron chi connectivity index (χ2n) is 14.0. The maximum Gasteiger partial charge on any atom is 0.324 e. The van der Waals surface area contributed by atoms with Crippen LogP contribution >= 0.6 is 0 Å². The number of epoxide rings is 3. The highest BCUT2D eigenvalue weighted by Gasteiger charge is 3.01. The van der Waals surface area contributed by atoms with Gasteiger partial charge in [-0.2, -0.15) is 0 Å². The molecule has 4 heterocycles. The molecule has 0 aromatic carbocycles. The van der Waals surface area contributed by atoms with E-state index in [2.05, 4.69) is 26.3 Å². The van der Waals surface area contributed by atoms with Crippen LogP contribution in [0.25, 0.3) is 0 Å². The summed E-state index contributed by atoms with van der Waals surface area (Å²) in [7, 11) is 0. The van der Waals surface area contributed by atoms with Crippen LogP contribution in [0.4, 0.5) is 0 Å². The van der Waals surface area contributed by atoms with Crippen molar-refractivity contribution in [2.45, 2.75) is 119 Å². The Morgan fingerprint density at radius 2 is 1.78 bits per heavy atom. The average molecular weight is 636 g/mol. The maximum atomic E-state index is 12.7. The van der Waals surface area contributed by atoms with E-state index in [4.69, 9.17) is 32.9 Å². The number of aliphatic hydroxyl groups excluding tert-OH is 3. The number of hydrogen-bond acceptors (Lipinski definition) is 14. The van der Waals surface area contributed by atoms with E-state index in [0.717, 1.165) is 11.1 Å². The minimum Gasteiger partial charge on any atom is -0.456 e. The lowest BCUT2D eigenvalue weighted by Crippen LogP contribution is -2.69. The number of hydrogen-bond donors (Lipinski definition) is 4. The lowest BCUT2D eigenvalue weighted by Gasteiger charge is -2.53. The maximum absolute atomic E-state index is 12.7. The molecule has 0 unspecified atom stereocenters. The molecule has 3 aliphatic carbocycles. The Morgan fingerprint density at radius 1 is 1.07 bits per heavy atom. The monoisotopic (exact) mass is 635 g/mol. The normalized spacial score (nSPS) is 39.7. The number of furan rings is 1. The van der Waals surface area contributed by atoms with E-state index in [1.54, 1.807) is 6.26 Å². The van der Waals surface area contributed by atoms with Crippen molar-refractivity contribution >= 4 is 17.9 Å². The summed E-state index contributed by atoms with van der Waals surface area (Å²) in [5.41, 5.74) is -0.0263. The number of nitrogens with one attached hydrogen (secondary N) is 1. The molecular weight excluding hydrogens is 594 g/mol. The first-order valence-corrected chi connectivity index (χ1v) is 15.7. The number of fused-ring (bicyclic) bond motifs is 5. The number of aliphatic hydroxyl groups is 3. The number of esters is 2. The van der Waals surface area contributed by atoms with Crippen molar-refractivity contribution in [3.05, 3.63) is 17.4 Å². The molecule has 0 amide bonds. The van der Waals surface area contributed by atoms with Gasteiger partial charge in [-0.3, -0.25) is 14.4 Å². The minimum atomic E-state index is -1.56. The molecule has 2 spiro atoms. The first kappa shape index (κ1) is 31.0. The van der Waals surface area contributed by atoms with Crippen molar-refractivity contribution in [1.82, 2.24) is 5.48 Å². The van der Waals surface area contributed by atoms with Gasteiger partial charge in [0.15, 0.2) is 11.7 Å². The van der Waals surface area contributed by atoms with Crippen LogP contribution in [0, 0.1) is 11.3 Å². The third kappa shape index (κ3) is 4.02. The van der Waals surface area contributed by atoms with E-state index in [-0.39, 0.29) is 66.7 Å². The van der Waals surface area contributed by atoms with Gasteiger partial charge in [-0.25, -0.2) is 0 Å². The summed E-state index contributed by atoms with van der Waals surface area (Å²) in [5.74, 6) is -1.42. The third-order valence-corrected chi connectivity index (χ3v) is 11.5. The molecule has 14 heteroatoms. The van der Waals surface area contributed by atoms with Crippen LogP contribution in [-0.4, -0.2) is 99.8 Å². The van der Waals surface area contributed by atoms with Crippen molar-refractivity contribution in [3.63, 3.8) is 0 Å². The summed E-state index contributed by atoms with van der Waals surface area (Å²) in [4.78, 5) is 41.9. The molecule has 1 aromatic rings. The standard InChI is InChI=1S/C31H41NO13/c1-15(2)29-23(43-29)24-31(44-24)27(4)9-8-17-18(19(27)10-20-30(31,42-20)26(29)40-16(3)36)11-39-25(17)41-21(37)6-5-7-22(38)45-32-28(12-33,13-34)14-35/h11,15,19-20,23-24,26,32-35H,5-10,12-14H2,1-4H3/t19-,20-,23-,24-,26+,27-,29-,30+,31+/m0/s1. The predicted molar refractivity (Wildman–Crippen MR) is 148 cm³/mol. The van der Waals surface area contributed by atoms with Crippen LogP contribution < -0.4 is 10.2 Å². The van der Waals surface area contributed by atoms with Gasteiger partial charge in [-0.1, -0.05) is 20.8 Å². The Morgan fingerprint density at radius 3 is 2.44 bits per heavy atom. The third-order valence-electron chi connectivity index (χ3n) is 11.5. The average Bonchev–Trinajstić information content (AvgIpc) is 3.92. The zero-order chi connectivity index (χ0) is 32.2. The van der Waals surface area contributed by atoms with Crippen LogP contribution in [0.2, 0.25) is 0 Å². The fourth-order valence-electron chi connectivity index (χ4n) is 8.93. The Hall–Kier alpha value is -2.59. The van der Waals surface area contributed by atoms with Crippen LogP contribution in [0.1, 0.15) is 76.8 Å². The number of carbonyl (C=O) groups is 3. The molecule has 6 aliphatic rings. The lowest BCUT2D eigenvalue weighted by molar-refractivity contribution is -0.166. The van der Waals surface area contributed by atoms with E-state index in [1.807, 2.05) is 0 Å². The highest BCUT2D eigenvalue weighted by Crippen LogP contribution is 2.83. The molecule has 1 aromatic heterocycles. The Balaban J connectivity index is 1.02. The molecular formula is C31H41NO13. The Kier molecular flexibility index (Phi) is 7.04. The van der Waals surface area contributed by atoms with Gasteiger partial charge in [-0.15, -0.1) is 5.48 Å². The van der Waals surface area contributed by atoms with E-state index in [1.165, 1.54) is 6.92 Å². The summed E-state index contributed by atoms with van der Waals surface area (Å²) in [6.07, 6.45) is 2.44. The highest BCUT2D eigenvalue weighted by molar-refractivity contribution is 5.74. The van der Waals surface area contributed by atoms with E-state index in [9.17, 15) is 29.7 Å². The fraction of sp³-hybridized carbons (Fsp3) is 0.774. The topological polar surface area (TPSA) is 202 Å². The summed E-state index contributed by atoms with van der Waals surface area (Å²) >= 11 is 0. The number of hydroxylamine groups is 1. The van der Waals surface area contributed by atoms with Gasteiger partial charge < -0.3 is 48.3 Å². The highest BCUT2D eigenvalue weighted by atomic mass is 16.8. The molecule has 3 aliphatic heterocycles. The zero-order valence-electron chi connectivity index (χ0n) is 25.8. The number of carbonyl (C=O) groups excluding carboxylic acids is 3. The Labute approximate surface area is 259 Å². The molecule has 14 nitrogen and oxygen atoms in total. The second kappa shape index (κ2) is 10.2. The molecule has 0 bridgehead atoms. The number of rotatable bonds is 12. The smallest absolute Gasteiger partial charge is 0.324 e. The van der Waals surface area contributed by atoms with Gasteiger partial charge >= 0.3 is 17.9 Å². The van der Waals surface area contributed by atoms with Gasteiger partial charge in [0.05, 0.1) is 32.2 Å². The predicted octanol–water partition coefficient (Wildman–Crippen LogP) is 0.573. The number of ether oxygens (including phenoxy) is 5. The summed E-state index contributed by atoms with van der Waals surface area (Å²) < 4.78 is 37.1. The van der Waals surface area contributed by atoms with Gasteiger partial charge in [0, 0.05) is 36.3 Å². The van der Waals surface area contributed by atoms with Gasteiger partial charge in [-0.05, 0) is 37.5 Å². The SMILES string of the molecule is CC(=O)O[C@@H]1[C@@]2(C(C)C)O[C@H]2[C@@H]2O[C@]23[C@]12O[C@H]2C[C@H]1c2coc(OC(=O)CCCC(=O)ONC(CO)(CO)CO)c2CC[C@@]13C. The van der Waals surface area contributed by atoms with Crippen molar-refractivity contribution in [3.8, 4) is 5.95 Å². The summed E-state index contributed by atoms with van der Waals surface area (Å²) in [6.45, 7) is 5.83. The van der Waals surface area contributed by atoms with E-state index < -0.39 is 60.2 Å². The van der Waals surface area contributed by atoms with Gasteiger partial charge in [0.1, 0.15) is 28.9 Å². The summed E-state index contributed by atoms with van der Waals surface area (Å²) in [6, 6.07) is 0. The molecule has 7 rings (SSSR count). The van der Waals surface area contributed by atoms with E-state index >= 15 is 0 Å². The second-order valence-corrected chi connectivity index (χ2v) is 14.0. The molecule has 45 heavy (non-hydrogen) atoms. The van der Waals surface area contributed by atoms with Crippen LogP contribution in [0.5, 0.6) is 5.95 Å². The quantitative estimate of drug-likeness (QED) is 0.141. The summed E-state index contributed by atoms with van der Waals surface area (Å²) in [5, 5.41) is 27.9. The molecule has 3 saturated heterocycles. The molecule has 4 N–H and O–H groups in total. The van der Waals surface area contributed by atoms with Gasteiger partial charge in [0.25, 0.3) is 5.95 Å². The molecule has 5 fully saturated rings. The largest absolute Gasteiger partial charge is 0.456 e. The molecule has 248 valence electrons. The van der Waals surface area contributed by atoms with Crippen molar-refractivity contribution in [2.75, 3.05) is 19.8 Å². The lowest BCUT2D eigenvalue weighted by atomic mass is 9.47. The molecule has 0 radical (unpaired) electrons. The Bertz CT molecular complexity index is 1400. The molecule has 9 atom stereocenters. The molecule has 2 saturated carbocycles. The zero-order valence-corrected chi connectivity index (χ0v) is 25.8. The first-order chi connectivity index (χ1) is 21.4. The van der Waals surface area contributed by atoms with Gasteiger partial charge in [0.2, 0.25) is 0 Å². The van der Waals surface area contributed by atoms with Crippen molar-refractivity contribution in [1.29, 1.82) is 0 Å². The van der Waals surface area contributed by atoms with Crippen molar-refractivity contribution < 1.29 is 62.6 Å². The van der Waals surface area contributed by atoms with Crippen LogP contribution in [0.3, 0.4) is 0 Å². The van der Waals surface area contributed by atoms with Crippen molar-refractivity contribution in [2.24, 2.45) is 11.3 Å². The van der Waals surface area contributed by atoms with Crippen LogP contribution in [0.15, 0.2) is 10.7 Å². The minimum absolute atomic E-state index is 0.00231. The van der Waals surface area contributed by atoms with Crippen LogP contribution in [-0.2, 0) is 44.6 Å². The first-order valence-electron chi connectivity index (χ1n) is 15.7. The van der Waals surface area contributed by atoms with E-state index in [0.29, 0.717) is 19.3 Å². The fourth-order valence-corrected chi connectivity index (χ4v) is 8.93.